The van der Waals surface area contributed by atoms with E-state index in [1.165, 1.54) is 34.9 Å². The first kappa shape index (κ1) is 11.8. The van der Waals surface area contributed by atoms with Crippen LogP contribution < -0.4 is 5.32 Å². The lowest BCUT2D eigenvalue weighted by atomic mass is 9.89. The Labute approximate surface area is 118 Å². The molecule has 1 aromatic heterocycles. The third kappa shape index (κ3) is 1.98. The van der Waals surface area contributed by atoms with Gasteiger partial charge in [0.05, 0.1) is 4.87 Å². The van der Waals surface area contributed by atoms with Crippen LogP contribution in [0.5, 0.6) is 0 Å². The zero-order valence-electron chi connectivity index (χ0n) is 11.0. The second-order valence-corrected chi connectivity index (χ2v) is 6.72. The molecule has 4 rings (SSSR count). The Bertz CT molecular complexity index is 606. The van der Waals surface area contributed by atoms with Crippen LogP contribution in [0.4, 0.5) is 0 Å². The molecule has 2 heterocycles. The number of hydrogen-bond donors (Lipinski definition) is 2. The molecule has 100 valence electrons. The zero-order valence-corrected chi connectivity index (χ0v) is 11.8. The van der Waals surface area contributed by atoms with Crippen molar-refractivity contribution in [1.29, 1.82) is 0 Å². The maximum atomic E-state index is 6.55. The lowest BCUT2D eigenvalue weighted by Crippen LogP contribution is -2.26. The third-order valence-electron chi connectivity index (χ3n) is 4.70. The number of H-pyrrole nitrogens is 1. The highest BCUT2D eigenvalue weighted by atomic mass is 35.5. The Morgan fingerprint density at radius 2 is 1.95 bits per heavy atom. The number of halogens is 1. The normalized spacial score (nSPS) is 22.8. The van der Waals surface area contributed by atoms with Gasteiger partial charge in [-0.25, -0.2) is 0 Å². The number of piperidine rings is 1. The summed E-state index contributed by atoms with van der Waals surface area (Å²) in [4.78, 5) is 3.36. The fourth-order valence-corrected chi connectivity index (χ4v) is 3.50. The van der Waals surface area contributed by atoms with Crippen molar-refractivity contribution in [2.75, 3.05) is 13.1 Å². The number of benzene rings is 1. The summed E-state index contributed by atoms with van der Waals surface area (Å²) in [5, 5.41) is 4.82. The zero-order chi connectivity index (χ0) is 12.9. The number of hydrogen-bond acceptors (Lipinski definition) is 1. The Hall–Kier alpha value is -0.990. The largest absolute Gasteiger partial charge is 0.361 e. The average Bonchev–Trinajstić information content (AvgIpc) is 3.07. The molecule has 3 heteroatoms. The van der Waals surface area contributed by atoms with Crippen molar-refractivity contribution in [3.63, 3.8) is 0 Å². The second kappa shape index (κ2) is 4.26. The van der Waals surface area contributed by atoms with Crippen LogP contribution in [0.2, 0.25) is 0 Å². The van der Waals surface area contributed by atoms with Gasteiger partial charge in [-0.2, -0.15) is 0 Å². The number of rotatable bonds is 2. The predicted molar refractivity (Wildman–Crippen MR) is 79.9 cm³/mol. The predicted octanol–water partition coefficient (Wildman–Crippen LogP) is 3.86. The smallest absolute Gasteiger partial charge is 0.0696 e. The standard InChI is InChI=1S/C16H19ClN2/c17-16(5-6-16)12-1-2-15-13(9-12)14(10-19-15)11-3-7-18-8-4-11/h1-2,9-11,18-19H,3-8H2. The lowest BCUT2D eigenvalue weighted by molar-refractivity contribution is 0.462. The summed E-state index contributed by atoms with van der Waals surface area (Å²) in [5.74, 6) is 0.690. The number of fused-ring (bicyclic) bond motifs is 1. The fraction of sp³-hybridized carbons (Fsp3) is 0.500. The summed E-state index contributed by atoms with van der Waals surface area (Å²) in [6.45, 7) is 2.27. The molecule has 19 heavy (non-hydrogen) atoms. The van der Waals surface area contributed by atoms with Crippen molar-refractivity contribution in [3.8, 4) is 0 Å². The molecule has 1 aromatic carbocycles. The summed E-state index contributed by atoms with van der Waals surface area (Å²) in [6.07, 6.45) is 6.92. The first-order valence-electron chi connectivity index (χ1n) is 7.27. The van der Waals surface area contributed by atoms with Crippen molar-refractivity contribution in [2.45, 2.75) is 36.5 Å². The van der Waals surface area contributed by atoms with E-state index in [0.717, 1.165) is 25.9 Å². The molecule has 2 aliphatic rings. The van der Waals surface area contributed by atoms with Crippen LogP contribution in [-0.2, 0) is 4.87 Å². The third-order valence-corrected chi connectivity index (χ3v) is 5.30. The first-order valence-corrected chi connectivity index (χ1v) is 7.65. The van der Waals surface area contributed by atoms with Gasteiger partial charge < -0.3 is 10.3 Å². The van der Waals surface area contributed by atoms with Gasteiger partial charge in [0.15, 0.2) is 0 Å². The van der Waals surface area contributed by atoms with E-state index in [0.29, 0.717) is 5.92 Å². The number of aromatic amines is 1. The van der Waals surface area contributed by atoms with Crippen LogP contribution in [0, 0.1) is 0 Å². The Morgan fingerprint density at radius 3 is 2.68 bits per heavy atom. The molecule has 0 amide bonds. The molecule has 0 bridgehead atoms. The van der Waals surface area contributed by atoms with Crippen molar-refractivity contribution < 1.29 is 0 Å². The lowest BCUT2D eigenvalue weighted by Gasteiger charge is -2.22. The number of aromatic nitrogens is 1. The van der Waals surface area contributed by atoms with Gasteiger partial charge in [0.1, 0.15) is 0 Å². The van der Waals surface area contributed by atoms with Gasteiger partial charge in [-0.05, 0) is 68.0 Å². The summed E-state index contributed by atoms with van der Waals surface area (Å²) >= 11 is 6.55. The molecule has 2 aromatic rings. The van der Waals surface area contributed by atoms with Crippen LogP contribution in [0.1, 0.15) is 42.7 Å². The minimum Gasteiger partial charge on any atom is -0.361 e. The minimum atomic E-state index is -0.0587. The van der Waals surface area contributed by atoms with E-state index in [4.69, 9.17) is 11.6 Å². The first-order chi connectivity index (χ1) is 9.26. The highest BCUT2D eigenvalue weighted by molar-refractivity contribution is 6.26. The SMILES string of the molecule is ClC1(c2ccc3[nH]cc(C4CCNCC4)c3c2)CC1. The van der Waals surface area contributed by atoms with Gasteiger partial charge in [0.25, 0.3) is 0 Å². The molecule has 0 atom stereocenters. The summed E-state index contributed by atoms with van der Waals surface area (Å²) in [7, 11) is 0. The topological polar surface area (TPSA) is 27.8 Å². The van der Waals surface area contributed by atoms with Crippen molar-refractivity contribution in [2.24, 2.45) is 0 Å². The second-order valence-electron chi connectivity index (χ2n) is 5.99. The molecule has 1 aliphatic heterocycles. The van der Waals surface area contributed by atoms with E-state index in [1.807, 2.05) is 0 Å². The van der Waals surface area contributed by atoms with Crippen LogP contribution in [0.3, 0.4) is 0 Å². The van der Waals surface area contributed by atoms with Crippen molar-refractivity contribution in [3.05, 3.63) is 35.5 Å². The van der Waals surface area contributed by atoms with Gasteiger partial charge in [-0.15, -0.1) is 11.6 Å². The highest BCUT2D eigenvalue weighted by Gasteiger charge is 2.42. The van der Waals surface area contributed by atoms with Gasteiger partial charge in [0.2, 0.25) is 0 Å². The summed E-state index contributed by atoms with van der Waals surface area (Å²) in [5.41, 5.74) is 4.04. The molecule has 2 N–H and O–H groups in total. The van der Waals surface area contributed by atoms with Crippen molar-refractivity contribution in [1.82, 2.24) is 10.3 Å². The van der Waals surface area contributed by atoms with E-state index < -0.39 is 0 Å². The van der Waals surface area contributed by atoms with E-state index in [2.05, 4.69) is 34.7 Å². The van der Waals surface area contributed by atoms with Gasteiger partial charge in [-0.1, -0.05) is 6.07 Å². The number of nitrogens with one attached hydrogen (secondary N) is 2. The molecule has 0 radical (unpaired) electrons. The fourth-order valence-electron chi connectivity index (χ4n) is 3.29. The number of alkyl halides is 1. The Balaban J connectivity index is 1.78. The molecule has 1 saturated carbocycles. The van der Waals surface area contributed by atoms with Gasteiger partial charge in [0, 0.05) is 17.1 Å². The molecule has 1 aliphatic carbocycles. The van der Waals surface area contributed by atoms with E-state index in [9.17, 15) is 0 Å². The molecular formula is C16H19ClN2. The van der Waals surface area contributed by atoms with Gasteiger partial charge >= 0.3 is 0 Å². The molecule has 1 saturated heterocycles. The maximum Gasteiger partial charge on any atom is 0.0696 e. The molecule has 2 fully saturated rings. The summed E-state index contributed by atoms with van der Waals surface area (Å²) in [6, 6.07) is 6.70. The Kier molecular flexibility index (Phi) is 2.64. The molecular weight excluding hydrogens is 256 g/mol. The van der Waals surface area contributed by atoms with Crippen LogP contribution in [0.15, 0.2) is 24.4 Å². The maximum absolute atomic E-state index is 6.55. The molecule has 0 spiro atoms. The van der Waals surface area contributed by atoms with E-state index in [-0.39, 0.29) is 4.87 Å². The monoisotopic (exact) mass is 274 g/mol. The van der Waals surface area contributed by atoms with Crippen LogP contribution in [0.25, 0.3) is 10.9 Å². The quantitative estimate of drug-likeness (QED) is 0.800. The van der Waals surface area contributed by atoms with E-state index >= 15 is 0 Å². The highest BCUT2D eigenvalue weighted by Crippen LogP contribution is 2.52. The Morgan fingerprint density at radius 1 is 1.16 bits per heavy atom. The van der Waals surface area contributed by atoms with E-state index in [1.54, 1.807) is 0 Å². The summed E-state index contributed by atoms with van der Waals surface area (Å²) < 4.78 is 0. The van der Waals surface area contributed by atoms with Crippen LogP contribution >= 0.6 is 11.6 Å². The molecule has 2 nitrogen and oxygen atoms in total. The van der Waals surface area contributed by atoms with Crippen LogP contribution in [-0.4, -0.2) is 18.1 Å². The van der Waals surface area contributed by atoms with Gasteiger partial charge in [-0.3, -0.25) is 0 Å². The average molecular weight is 275 g/mol. The molecule has 0 unspecified atom stereocenters. The minimum absolute atomic E-state index is 0.0587. The van der Waals surface area contributed by atoms with Crippen molar-refractivity contribution >= 4 is 22.5 Å².